The highest BCUT2D eigenvalue weighted by atomic mass is 16.5. The van der Waals surface area contributed by atoms with Crippen molar-refractivity contribution in [3.8, 4) is 5.75 Å². The number of ether oxygens (including phenoxy) is 1. The normalized spacial score (nSPS) is 17.8. The third-order valence-corrected chi connectivity index (χ3v) is 4.54. The van der Waals surface area contributed by atoms with E-state index in [1.807, 2.05) is 29.3 Å². The Hall–Kier alpha value is -2.34. The summed E-state index contributed by atoms with van der Waals surface area (Å²) in [5.74, 6) is 1.11. The van der Waals surface area contributed by atoms with Crippen molar-refractivity contribution in [2.45, 2.75) is 19.5 Å². The van der Waals surface area contributed by atoms with Gasteiger partial charge in [-0.25, -0.2) is 0 Å². The Morgan fingerprint density at radius 2 is 2.13 bits per heavy atom. The highest BCUT2D eigenvalue weighted by molar-refractivity contribution is 5.78. The molecule has 2 aliphatic heterocycles. The van der Waals surface area contributed by atoms with Crippen LogP contribution in [-0.2, 0) is 24.3 Å². The maximum Gasteiger partial charge on any atom is 0.237 e. The molecule has 6 nitrogen and oxygen atoms in total. The molecule has 4 rings (SSSR count). The molecule has 0 aliphatic carbocycles. The van der Waals surface area contributed by atoms with Gasteiger partial charge in [-0.05, 0) is 6.07 Å². The molecule has 0 fully saturated rings. The van der Waals surface area contributed by atoms with Crippen molar-refractivity contribution in [3.05, 3.63) is 47.3 Å². The van der Waals surface area contributed by atoms with Crippen LogP contribution in [0, 0.1) is 0 Å². The molecular weight excluding hydrogens is 292 g/mol. The minimum atomic E-state index is 0.177. The zero-order valence-corrected chi connectivity index (χ0v) is 13.0. The number of amides is 1. The fraction of sp³-hybridized carbons (Fsp3) is 0.412. The summed E-state index contributed by atoms with van der Waals surface area (Å²) in [6, 6.07) is 8.05. The molecule has 1 N–H and O–H groups in total. The summed E-state index contributed by atoms with van der Waals surface area (Å²) in [6.45, 7) is 4.00. The molecule has 1 amide bonds. The monoisotopic (exact) mass is 312 g/mol. The second-order valence-electron chi connectivity index (χ2n) is 6.11. The molecule has 1 aromatic heterocycles. The van der Waals surface area contributed by atoms with E-state index in [4.69, 9.17) is 4.74 Å². The first kappa shape index (κ1) is 14.3. The SMILES string of the molecule is O=C(CN1CCOc2ccccc2C1)N1CCc2[nH]ncc2C1. The van der Waals surface area contributed by atoms with E-state index in [0.29, 0.717) is 19.7 Å². The van der Waals surface area contributed by atoms with Crippen LogP contribution in [0.15, 0.2) is 30.5 Å². The maximum absolute atomic E-state index is 12.6. The molecule has 0 saturated carbocycles. The third kappa shape index (κ3) is 2.94. The molecule has 23 heavy (non-hydrogen) atoms. The lowest BCUT2D eigenvalue weighted by atomic mass is 10.1. The zero-order chi connectivity index (χ0) is 15.6. The van der Waals surface area contributed by atoms with Crippen LogP contribution in [0.4, 0.5) is 0 Å². The summed E-state index contributed by atoms with van der Waals surface area (Å²) in [6.07, 6.45) is 2.68. The molecule has 6 heteroatoms. The number of fused-ring (bicyclic) bond motifs is 2. The Kier molecular flexibility index (Phi) is 3.75. The molecule has 2 aliphatic rings. The van der Waals surface area contributed by atoms with E-state index in [2.05, 4.69) is 21.2 Å². The largest absolute Gasteiger partial charge is 0.492 e. The summed E-state index contributed by atoms with van der Waals surface area (Å²) >= 11 is 0. The molecule has 0 radical (unpaired) electrons. The Labute approximate surface area is 135 Å². The predicted molar refractivity (Wildman–Crippen MR) is 84.9 cm³/mol. The first-order chi connectivity index (χ1) is 11.3. The molecule has 1 aromatic carbocycles. The quantitative estimate of drug-likeness (QED) is 0.905. The number of carbonyl (C=O) groups excluding carboxylic acids is 1. The van der Waals surface area contributed by atoms with Crippen LogP contribution in [0.1, 0.15) is 16.8 Å². The molecule has 120 valence electrons. The smallest absolute Gasteiger partial charge is 0.237 e. The van der Waals surface area contributed by atoms with Crippen LogP contribution >= 0.6 is 0 Å². The van der Waals surface area contributed by atoms with E-state index in [-0.39, 0.29) is 5.91 Å². The Bertz CT molecular complexity index is 712. The molecule has 3 heterocycles. The molecule has 0 atom stereocenters. The standard InChI is InChI=1S/C17H20N4O2/c22-17(21-6-5-15-14(11-21)9-18-19-15)12-20-7-8-23-16-4-2-1-3-13(16)10-20/h1-4,9H,5-8,10-12H2,(H,18,19). The molecule has 0 saturated heterocycles. The van der Waals surface area contributed by atoms with Crippen molar-refractivity contribution < 1.29 is 9.53 Å². The van der Waals surface area contributed by atoms with Crippen molar-refractivity contribution in [3.63, 3.8) is 0 Å². The van der Waals surface area contributed by atoms with Crippen LogP contribution in [0.3, 0.4) is 0 Å². The molecular formula is C17H20N4O2. The van der Waals surface area contributed by atoms with Crippen LogP contribution in [0.5, 0.6) is 5.75 Å². The van der Waals surface area contributed by atoms with Crippen LogP contribution in [0.25, 0.3) is 0 Å². The lowest BCUT2D eigenvalue weighted by Gasteiger charge is -2.29. The van der Waals surface area contributed by atoms with Gasteiger partial charge in [-0.2, -0.15) is 5.10 Å². The van der Waals surface area contributed by atoms with Crippen molar-refractivity contribution >= 4 is 5.91 Å². The molecule has 2 aromatic rings. The minimum Gasteiger partial charge on any atom is -0.492 e. The van der Waals surface area contributed by atoms with E-state index < -0.39 is 0 Å². The molecule has 0 bridgehead atoms. The molecule has 0 spiro atoms. The summed E-state index contributed by atoms with van der Waals surface area (Å²) in [4.78, 5) is 16.7. The summed E-state index contributed by atoms with van der Waals surface area (Å²) in [5.41, 5.74) is 3.44. The third-order valence-electron chi connectivity index (χ3n) is 4.54. The highest BCUT2D eigenvalue weighted by Crippen LogP contribution is 2.22. The van der Waals surface area contributed by atoms with Gasteiger partial charge < -0.3 is 9.64 Å². The van der Waals surface area contributed by atoms with Crippen molar-refractivity contribution in [1.82, 2.24) is 20.0 Å². The summed E-state index contributed by atoms with van der Waals surface area (Å²) in [5, 5.41) is 7.06. The van der Waals surface area contributed by atoms with Crippen LogP contribution in [-0.4, -0.2) is 52.1 Å². The van der Waals surface area contributed by atoms with Crippen molar-refractivity contribution in [1.29, 1.82) is 0 Å². The highest BCUT2D eigenvalue weighted by Gasteiger charge is 2.24. The van der Waals surface area contributed by atoms with Gasteiger partial charge in [0.1, 0.15) is 12.4 Å². The second kappa shape index (κ2) is 6.04. The van der Waals surface area contributed by atoms with Crippen LogP contribution in [0.2, 0.25) is 0 Å². The first-order valence-electron chi connectivity index (χ1n) is 8.01. The van der Waals surface area contributed by atoms with Gasteiger partial charge in [-0.1, -0.05) is 18.2 Å². The lowest BCUT2D eigenvalue weighted by Crippen LogP contribution is -2.43. The predicted octanol–water partition coefficient (Wildman–Crippen LogP) is 1.19. The number of nitrogens with zero attached hydrogens (tertiary/aromatic N) is 3. The number of aromatic amines is 1. The first-order valence-corrected chi connectivity index (χ1v) is 8.01. The average molecular weight is 312 g/mol. The number of nitrogens with one attached hydrogen (secondary N) is 1. The fourth-order valence-electron chi connectivity index (χ4n) is 3.24. The number of hydrogen-bond donors (Lipinski definition) is 1. The van der Waals surface area contributed by atoms with Crippen LogP contribution < -0.4 is 4.74 Å². The van der Waals surface area contributed by atoms with Gasteiger partial charge in [0.25, 0.3) is 0 Å². The van der Waals surface area contributed by atoms with E-state index in [0.717, 1.165) is 48.6 Å². The Balaban J connectivity index is 1.41. The molecule has 0 unspecified atom stereocenters. The van der Waals surface area contributed by atoms with Gasteiger partial charge >= 0.3 is 0 Å². The Morgan fingerprint density at radius 1 is 1.22 bits per heavy atom. The number of benzene rings is 1. The van der Waals surface area contributed by atoms with Gasteiger partial charge in [0.05, 0.1) is 12.7 Å². The number of aromatic nitrogens is 2. The van der Waals surface area contributed by atoms with Gasteiger partial charge in [0.15, 0.2) is 0 Å². The zero-order valence-electron chi connectivity index (χ0n) is 13.0. The fourth-order valence-corrected chi connectivity index (χ4v) is 3.24. The van der Waals surface area contributed by atoms with Crippen molar-refractivity contribution in [2.24, 2.45) is 0 Å². The van der Waals surface area contributed by atoms with E-state index in [1.54, 1.807) is 0 Å². The van der Waals surface area contributed by atoms with Gasteiger partial charge in [0.2, 0.25) is 5.91 Å². The second-order valence-corrected chi connectivity index (χ2v) is 6.11. The van der Waals surface area contributed by atoms with E-state index in [9.17, 15) is 4.79 Å². The number of H-pyrrole nitrogens is 1. The number of hydrogen-bond acceptors (Lipinski definition) is 4. The summed E-state index contributed by atoms with van der Waals surface area (Å²) in [7, 11) is 0. The average Bonchev–Trinajstić information content (AvgIpc) is 2.94. The van der Waals surface area contributed by atoms with Crippen molar-refractivity contribution in [2.75, 3.05) is 26.2 Å². The number of carbonyl (C=O) groups is 1. The number of rotatable bonds is 2. The number of para-hydroxylation sites is 1. The van der Waals surface area contributed by atoms with Gasteiger partial charge in [0, 0.05) is 49.4 Å². The summed E-state index contributed by atoms with van der Waals surface area (Å²) < 4.78 is 5.76. The van der Waals surface area contributed by atoms with E-state index in [1.165, 1.54) is 0 Å². The lowest BCUT2D eigenvalue weighted by molar-refractivity contribution is -0.133. The Morgan fingerprint density at radius 3 is 3.09 bits per heavy atom. The van der Waals surface area contributed by atoms with E-state index >= 15 is 0 Å². The van der Waals surface area contributed by atoms with Gasteiger partial charge in [-0.3, -0.25) is 14.8 Å². The maximum atomic E-state index is 12.6. The van der Waals surface area contributed by atoms with Gasteiger partial charge in [-0.15, -0.1) is 0 Å². The topological polar surface area (TPSA) is 61.5 Å². The minimum absolute atomic E-state index is 0.177.